The Labute approximate surface area is 395 Å². The van der Waals surface area contributed by atoms with Gasteiger partial charge >= 0.3 is 0 Å². The van der Waals surface area contributed by atoms with E-state index in [1.165, 1.54) is 87.5 Å². The average molecular weight is 865 g/mol. The zero-order chi connectivity index (χ0) is 45.0. The summed E-state index contributed by atoms with van der Waals surface area (Å²) >= 11 is 0. The standard InChI is InChI=1S/C66H44N2/c1-4-18-45(19-5-1)52-38-53(46-20-6-2-7-21-46)40-54(39-52)47-34-36-56(37-35-47)67(64-44-51-24-12-13-29-58(51)60-30-14-15-31-61(60)64)57-28-16-25-50(41-57)59-32-17-33-63-66(59)62-42-48-22-10-11-23-49(48)43-65(62)68(63)55-26-8-3-9-27-55/h1-44H. The van der Waals surface area contributed by atoms with E-state index in [2.05, 4.69) is 276 Å². The number of rotatable bonds is 8. The van der Waals surface area contributed by atoms with Gasteiger partial charge in [-0.2, -0.15) is 0 Å². The molecule has 0 aliphatic heterocycles. The molecule has 13 rings (SSSR count). The normalized spacial score (nSPS) is 11.5. The Hall–Kier alpha value is -8.98. The maximum atomic E-state index is 2.46. The van der Waals surface area contributed by atoms with Crippen molar-refractivity contribution in [3.05, 3.63) is 267 Å². The molecule has 0 amide bonds. The summed E-state index contributed by atoms with van der Waals surface area (Å²) in [6, 6.07) is 97.6. The van der Waals surface area contributed by atoms with Gasteiger partial charge in [-0.05, 0) is 150 Å². The molecule has 0 unspecified atom stereocenters. The van der Waals surface area contributed by atoms with Gasteiger partial charge in [0.05, 0.1) is 16.7 Å². The molecule has 0 radical (unpaired) electrons. The molecule has 0 spiro atoms. The first-order chi connectivity index (χ1) is 33.7. The fraction of sp³-hybridized carbons (Fsp3) is 0. The van der Waals surface area contributed by atoms with Gasteiger partial charge in [0.15, 0.2) is 0 Å². The number of fused-ring (bicyclic) bond motifs is 7. The van der Waals surface area contributed by atoms with Crippen LogP contribution in [0, 0.1) is 0 Å². The molecule has 68 heavy (non-hydrogen) atoms. The van der Waals surface area contributed by atoms with E-state index < -0.39 is 0 Å². The second-order valence-corrected chi connectivity index (χ2v) is 17.7. The molecule has 0 saturated heterocycles. The third-order valence-electron chi connectivity index (χ3n) is 13.7. The minimum Gasteiger partial charge on any atom is -0.310 e. The molecular weight excluding hydrogens is 821 g/mol. The molecule has 0 fully saturated rings. The minimum atomic E-state index is 1.08. The molecule has 0 aliphatic carbocycles. The predicted molar refractivity (Wildman–Crippen MR) is 290 cm³/mol. The third kappa shape index (κ3) is 6.82. The molecule has 1 aromatic heterocycles. The van der Waals surface area contributed by atoms with Crippen LogP contribution in [0.4, 0.5) is 17.1 Å². The first kappa shape index (κ1) is 39.4. The summed E-state index contributed by atoms with van der Waals surface area (Å²) in [4.78, 5) is 2.46. The first-order valence-electron chi connectivity index (χ1n) is 23.4. The Kier molecular flexibility index (Phi) is 9.54. The summed E-state index contributed by atoms with van der Waals surface area (Å²) in [5.41, 5.74) is 16.3. The molecular formula is C66H44N2. The van der Waals surface area contributed by atoms with Gasteiger partial charge < -0.3 is 9.47 Å². The number of para-hydroxylation sites is 1. The molecule has 0 aliphatic rings. The molecule has 318 valence electrons. The Balaban J connectivity index is 1.01. The lowest BCUT2D eigenvalue weighted by molar-refractivity contribution is 1.18. The van der Waals surface area contributed by atoms with Crippen molar-refractivity contribution < 1.29 is 0 Å². The van der Waals surface area contributed by atoms with Crippen molar-refractivity contribution in [2.75, 3.05) is 4.90 Å². The fourth-order valence-electron chi connectivity index (χ4n) is 10.5. The zero-order valence-corrected chi connectivity index (χ0v) is 37.3. The second kappa shape index (κ2) is 16.5. The Bertz CT molecular complexity index is 3940. The van der Waals surface area contributed by atoms with Gasteiger partial charge in [-0.3, -0.25) is 0 Å². The van der Waals surface area contributed by atoms with E-state index in [0.717, 1.165) is 33.9 Å². The van der Waals surface area contributed by atoms with Gasteiger partial charge in [0.2, 0.25) is 0 Å². The van der Waals surface area contributed by atoms with Crippen molar-refractivity contribution in [2.45, 2.75) is 0 Å². The largest absolute Gasteiger partial charge is 0.310 e. The smallest absolute Gasteiger partial charge is 0.0547 e. The summed E-state index contributed by atoms with van der Waals surface area (Å²) in [5, 5.41) is 9.83. The quantitative estimate of drug-likeness (QED) is 0.138. The monoisotopic (exact) mass is 864 g/mol. The summed E-state index contributed by atoms with van der Waals surface area (Å²) in [7, 11) is 0. The van der Waals surface area contributed by atoms with Crippen LogP contribution in [0.2, 0.25) is 0 Å². The highest BCUT2D eigenvalue weighted by Gasteiger charge is 2.21. The predicted octanol–water partition coefficient (Wildman–Crippen LogP) is 18.4. The number of hydrogen-bond acceptors (Lipinski definition) is 1. The SMILES string of the molecule is c1ccc(-c2cc(-c3ccccc3)cc(-c3ccc(N(c4cccc(-c5cccc6c5c5cc7ccccc7cc5n6-c5ccccc5)c4)c4cc5ccccc5c5ccccc45)cc3)c2)cc1. The van der Waals surface area contributed by atoms with Crippen LogP contribution >= 0.6 is 0 Å². The van der Waals surface area contributed by atoms with Crippen molar-refractivity contribution in [2.24, 2.45) is 0 Å². The number of nitrogens with zero attached hydrogens (tertiary/aromatic N) is 2. The number of anilines is 3. The Morgan fingerprint density at radius 3 is 1.47 bits per heavy atom. The maximum Gasteiger partial charge on any atom is 0.0547 e. The van der Waals surface area contributed by atoms with Crippen molar-refractivity contribution in [1.82, 2.24) is 4.57 Å². The molecule has 0 saturated carbocycles. The number of benzene rings is 12. The van der Waals surface area contributed by atoms with E-state index in [0.29, 0.717) is 0 Å². The Morgan fingerprint density at radius 2 is 0.794 bits per heavy atom. The van der Waals surface area contributed by atoms with Gasteiger partial charge in [-0.1, -0.05) is 188 Å². The third-order valence-corrected chi connectivity index (χ3v) is 13.7. The number of hydrogen-bond donors (Lipinski definition) is 0. The average Bonchev–Trinajstić information content (AvgIpc) is 3.74. The molecule has 1 heterocycles. The molecule has 0 bridgehead atoms. The van der Waals surface area contributed by atoms with Crippen LogP contribution in [0.3, 0.4) is 0 Å². The molecule has 0 N–H and O–H groups in total. The summed E-state index contributed by atoms with van der Waals surface area (Å²) in [6.45, 7) is 0. The van der Waals surface area contributed by atoms with E-state index in [4.69, 9.17) is 0 Å². The van der Waals surface area contributed by atoms with Crippen LogP contribution in [0.1, 0.15) is 0 Å². The second-order valence-electron chi connectivity index (χ2n) is 17.7. The van der Waals surface area contributed by atoms with Crippen molar-refractivity contribution in [3.63, 3.8) is 0 Å². The van der Waals surface area contributed by atoms with Gasteiger partial charge in [0.25, 0.3) is 0 Å². The highest BCUT2D eigenvalue weighted by molar-refractivity contribution is 6.19. The van der Waals surface area contributed by atoms with Gasteiger partial charge in [0, 0.05) is 33.2 Å². The van der Waals surface area contributed by atoms with Crippen molar-refractivity contribution in [1.29, 1.82) is 0 Å². The van der Waals surface area contributed by atoms with Gasteiger partial charge in [0.1, 0.15) is 0 Å². The topological polar surface area (TPSA) is 8.17 Å². The lowest BCUT2D eigenvalue weighted by Crippen LogP contribution is -2.11. The van der Waals surface area contributed by atoms with Crippen LogP contribution in [0.15, 0.2) is 267 Å². The van der Waals surface area contributed by atoms with Crippen molar-refractivity contribution in [3.8, 4) is 50.2 Å². The first-order valence-corrected chi connectivity index (χ1v) is 23.4. The summed E-state index contributed by atoms with van der Waals surface area (Å²) < 4.78 is 2.43. The van der Waals surface area contributed by atoms with Crippen LogP contribution in [-0.4, -0.2) is 4.57 Å². The van der Waals surface area contributed by atoms with E-state index in [1.54, 1.807) is 0 Å². The fourth-order valence-corrected chi connectivity index (χ4v) is 10.5. The highest BCUT2D eigenvalue weighted by Crippen LogP contribution is 2.46. The minimum absolute atomic E-state index is 1.08. The highest BCUT2D eigenvalue weighted by atomic mass is 15.1. The van der Waals surface area contributed by atoms with E-state index in [1.807, 2.05) is 0 Å². The van der Waals surface area contributed by atoms with E-state index >= 15 is 0 Å². The van der Waals surface area contributed by atoms with E-state index in [-0.39, 0.29) is 0 Å². The Morgan fingerprint density at radius 1 is 0.265 bits per heavy atom. The molecule has 2 nitrogen and oxygen atoms in total. The number of aromatic nitrogens is 1. The maximum absolute atomic E-state index is 2.46. The zero-order valence-electron chi connectivity index (χ0n) is 37.3. The molecule has 2 heteroatoms. The van der Waals surface area contributed by atoms with Gasteiger partial charge in [-0.25, -0.2) is 0 Å². The van der Waals surface area contributed by atoms with E-state index in [9.17, 15) is 0 Å². The lowest BCUT2D eigenvalue weighted by atomic mass is 9.93. The summed E-state index contributed by atoms with van der Waals surface area (Å²) in [5.74, 6) is 0. The van der Waals surface area contributed by atoms with Crippen LogP contribution in [0.25, 0.3) is 104 Å². The van der Waals surface area contributed by atoms with Crippen LogP contribution < -0.4 is 4.90 Å². The van der Waals surface area contributed by atoms with Crippen molar-refractivity contribution >= 4 is 71.2 Å². The molecule has 12 aromatic carbocycles. The molecule has 0 atom stereocenters. The van der Waals surface area contributed by atoms with Gasteiger partial charge in [-0.15, -0.1) is 0 Å². The summed E-state index contributed by atoms with van der Waals surface area (Å²) in [6.07, 6.45) is 0. The van der Waals surface area contributed by atoms with Crippen LogP contribution in [-0.2, 0) is 0 Å². The lowest BCUT2D eigenvalue weighted by Gasteiger charge is -2.28. The molecule has 13 aromatic rings. The van der Waals surface area contributed by atoms with Crippen LogP contribution in [0.5, 0.6) is 0 Å².